The Morgan fingerprint density at radius 2 is 2.13 bits per heavy atom. The van der Waals surface area contributed by atoms with Gasteiger partial charge in [0.25, 0.3) is 0 Å². The highest BCUT2D eigenvalue weighted by Gasteiger charge is 2.13. The molecule has 0 aromatic heterocycles. The Morgan fingerprint density at radius 1 is 1.27 bits per heavy atom. The normalized spacial score (nSPS) is 17.6. The minimum atomic E-state index is -0.232. The summed E-state index contributed by atoms with van der Waals surface area (Å²) < 4.78 is 13.6. The number of benzene rings is 1. The maximum absolute atomic E-state index is 13.6. The molecule has 1 saturated heterocycles. The van der Waals surface area contributed by atoms with E-state index in [1.165, 1.54) is 6.07 Å². The average molecular weight is 229 g/mol. The lowest BCUT2D eigenvalue weighted by atomic mass is 10.2. The topological polar surface area (TPSA) is 15.3 Å². The smallest absolute Gasteiger partial charge is 0.147 e. The van der Waals surface area contributed by atoms with Gasteiger partial charge in [-0.05, 0) is 31.2 Å². The van der Waals surface area contributed by atoms with Gasteiger partial charge in [0.15, 0.2) is 0 Å². The summed E-state index contributed by atoms with van der Waals surface area (Å²) in [6.07, 6.45) is 1.04. The van der Waals surface area contributed by atoms with Gasteiger partial charge in [-0.25, -0.2) is 4.39 Å². The van der Waals surface area contributed by atoms with Gasteiger partial charge < -0.3 is 10.2 Å². The van der Waals surface area contributed by atoms with Gasteiger partial charge in [-0.15, -0.1) is 0 Å². The summed E-state index contributed by atoms with van der Waals surface area (Å²) in [4.78, 5) is 2.06. The van der Waals surface area contributed by atoms with E-state index in [1.54, 1.807) is 12.1 Å². The lowest BCUT2D eigenvalue weighted by Gasteiger charge is -2.22. The highest BCUT2D eigenvalue weighted by atomic mass is 35.5. The Morgan fingerprint density at radius 3 is 2.93 bits per heavy atom. The maximum Gasteiger partial charge on any atom is 0.147 e. The fourth-order valence-electron chi connectivity index (χ4n) is 1.82. The SMILES string of the molecule is Fc1cc(Cl)ccc1N1CCCNCC1. The average Bonchev–Trinajstić information content (AvgIpc) is 2.46. The first-order valence-electron chi connectivity index (χ1n) is 5.18. The van der Waals surface area contributed by atoms with Crippen LogP contribution in [0.25, 0.3) is 0 Å². The number of nitrogens with zero attached hydrogens (tertiary/aromatic N) is 1. The van der Waals surface area contributed by atoms with E-state index in [9.17, 15) is 4.39 Å². The van der Waals surface area contributed by atoms with Crippen LogP contribution in [-0.4, -0.2) is 26.2 Å². The number of halogens is 2. The lowest BCUT2D eigenvalue weighted by molar-refractivity contribution is 0.618. The molecule has 1 aromatic rings. The van der Waals surface area contributed by atoms with Crippen LogP contribution in [0.2, 0.25) is 5.02 Å². The Balaban J connectivity index is 2.19. The van der Waals surface area contributed by atoms with Gasteiger partial charge >= 0.3 is 0 Å². The molecule has 15 heavy (non-hydrogen) atoms. The van der Waals surface area contributed by atoms with Crippen molar-refractivity contribution in [2.45, 2.75) is 6.42 Å². The second kappa shape index (κ2) is 4.81. The standard InChI is InChI=1S/C11H14ClFN2/c12-9-2-3-11(10(13)8-9)15-6-1-4-14-5-7-15/h2-3,8,14H,1,4-7H2. The monoisotopic (exact) mass is 228 g/mol. The molecular formula is C11H14ClFN2. The van der Waals surface area contributed by atoms with Gasteiger partial charge in [0.05, 0.1) is 5.69 Å². The van der Waals surface area contributed by atoms with Crippen LogP contribution in [0, 0.1) is 5.82 Å². The third-order valence-electron chi connectivity index (χ3n) is 2.59. The molecule has 1 N–H and O–H groups in total. The third-order valence-corrected chi connectivity index (χ3v) is 2.83. The van der Waals surface area contributed by atoms with Crippen LogP contribution in [0.5, 0.6) is 0 Å². The Labute approximate surface area is 94.0 Å². The molecule has 0 bridgehead atoms. The first-order valence-corrected chi connectivity index (χ1v) is 5.56. The summed E-state index contributed by atoms with van der Waals surface area (Å²) >= 11 is 5.72. The first kappa shape index (κ1) is 10.7. The molecule has 82 valence electrons. The van der Waals surface area contributed by atoms with Crippen molar-refractivity contribution in [3.63, 3.8) is 0 Å². The van der Waals surface area contributed by atoms with Crippen molar-refractivity contribution in [2.75, 3.05) is 31.1 Å². The molecule has 4 heteroatoms. The van der Waals surface area contributed by atoms with Gasteiger partial charge in [-0.2, -0.15) is 0 Å². The fourth-order valence-corrected chi connectivity index (χ4v) is 1.98. The second-order valence-electron chi connectivity index (χ2n) is 3.69. The van der Waals surface area contributed by atoms with Crippen LogP contribution in [0.3, 0.4) is 0 Å². The number of rotatable bonds is 1. The second-order valence-corrected chi connectivity index (χ2v) is 4.12. The Hall–Kier alpha value is -0.800. The molecule has 1 heterocycles. The number of hydrogen-bond donors (Lipinski definition) is 1. The first-order chi connectivity index (χ1) is 7.27. The van der Waals surface area contributed by atoms with Crippen molar-refractivity contribution in [2.24, 2.45) is 0 Å². The minimum Gasteiger partial charge on any atom is -0.368 e. The molecule has 1 aliphatic heterocycles. The van der Waals surface area contributed by atoms with Crippen LogP contribution < -0.4 is 10.2 Å². The molecule has 1 aromatic carbocycles. The zero-order chi connectivity index (χ0) is 10.7. The zero-order valence-corrected chi connectivity index (χ0v) is 9.23. The van der Waals surface area contributed by atoms with E-state index in [4.69, 9.17) is 11.6 Å². The van der Waals surface area contributed by atoms with E-state index >= 15 is 0 Å². The van der Waals surface area contributed by atoms with Crippen molar-refractivity contribution < 1.29 is 4.39 Å². The Bertz CT molecular complexity index is 335. The largest absolute Gasteiger partial charge is 0.368 e. The highest BCUT2D eigenvalue weighted by Crippen LogP contribution is 2.23. The molecule has 1 aliphatic rings. The summed E-state index contributed by atoms with van der Waals surface area (Å²) in [5, 5.41) is 3.74. The van der Waals surface area contributed by atoms with Crippen LogP contribution in [0.4, 0.5) is 10.1 Å². The van der Waals surface area contributed by atoms with E-state index in [0.29, 0.717) is 10.7 Å². The zero-order valence-electron chi connectivity index (χ0n) is 8.47. The molecule has 0 amide bonds. The van der Waals surface area contributed by atoms with E-state index < -0.39 is 0 Å². The molecule has 0 aliphatic carbocycles. The Kier molecular flexibility index (Phi) is 3.44. The molecule has 0 atom stereocenters. The number of hydrogen-bond acceptors (Lipinski definition) is 2. The molecule has 0 spiro atoms. The summed E-state index contributed by atoms with van der Waals surface area (Å²) in [6, 6.07) is 4.86. The van der Waals surface area contributed by atoms with Gasteiger partial charge in [0, 0.05) is 24.7 Å². The molecule has 0 saturated carbocycles. The van der Waals surface area contributed by atoms with E-state index in [2.05, 4.69) is 10.2 Å². The molecule has 0 unspecified atom stereocenters. The van der Waals surface area contributed by atoms with E-state index in [-0.39, 0.29) is 5.82 Å². The quantitative estimate of drug-likeness (QED) is 0.794. The highest BCUT2D eigenvalue weighted by molar-refractivity contribution is 6.30. The summed E-state index contributed by atoms with van der Waals surface area (Å²) in [5.74, 6) is -0.232. The van der Waals surface area contributed by atoms with Crippen LogP contribution in [0.1, 0.15) is 6.42 Å². The van der Waals surface area contributed by atoms with Crippen molar-refractivity contribution in [1.29, 1.82) is 0 Å². The van der Waals surface area contributed by atoms with Crippen LogP contribution >= 0.6 is 11.6 Å². The third kappa shape index (κ3) is 2.61. The summed E-state index contributed by atoms with van der Waals surface area (Å²) in [6.45, 7) is 3.65. The molecular weight excluding hydrogens is 215 g/mol. The number of nitrogens with one attached hydrogen (secondary N) is 1. The van der Waals surface area contributed by atoms with Crippen molar-refractivity contribution in [1.82, 2.24) is 5.32 Å². The molecule has 1 fully saturated rings. The van der Waals surface area contributed by atoms with E-state index in [0.717, 1.165) is 32.6 Å². The predicted octanol–water partition coefficient (Wildman–Crippen LogP) is 2.28. The molecule has 0 radical (unpaired) electrons. The molecule has 2 nitrogen and oxygen atoms in total. The summed E-state index contributed by atoms with van der Waals surface area (Å²) in [7, 11) is 0. The number of anilines is 1. The fraction of sp³-hybridized carbons (Fsp3) is 0.455. The van der Waals surface area contributed by atoms with Crippen molar-refractivity contribution in [3.8, 4) is 0 Å². The molecule has 2 rings (SSSR count). The predicted molar refractivity (Wildman–Crippen MR) is 61.1 cm³/mol. The van der Waals surface area contributed by atoms with Gasteiger partial charge in [0.1, 0.15) is 5.82 Å². The van der Waals surface area contributed by atoms with E-state index in [1.807, 2.05) is 0 Å². The minimum absolute atomic E-state index is 0.232. The van der Waals surface area contributed by atoms with Gasteiger partial charge in [0.2, 0.25) is 0 Å². The van der Waals surface area contributed by atoms with Crippen LogP contribution in [-0.2, 0) is 0 Å². The lowest BCUT2D eigenvalue weighted by Crippen LogP contribution is -2.28. The van der Waals surface area contributed by atoms with Gasteiger partial charge in [-0.3, -0.25) is 0 Å². The van der Waals surface area contributed by atoms with Crippen LogP contribution in [0.15, 0.2) is 18.2 Å². The van der Waals surface area contributed by atoms with Crippen molar-refractivity contribution >= 4 is 17.3 Å². The maximum atomic E-state index is 13.6. The van der Waals surface area contributed by atoms with Crippen molar-refractivity contribution in [3.05, 3.63) is 29.0 Å². The van der Waals surface area contributed by atoms with Gasteiger partial charge in [-0.1, -0.05) is 11.6 Å². The summed E-state index contributed by atoms with van der Waals surface area (Å²) in [5.41, 5.74) is 0.656.